The Hall–Kier alpha value is -2.33. The molecule has 0 aromatic carbocycles. The van der Waals surface area contributed by atoms with Gasteiger partial charge in [0, 0.05) is 38.4 Å². The maximum atomic E-state index is 13.9. The number of halogens is 4. The molecule has 0 radical (unpaired) electrons. The van der Waals surface area contributed by atoms with Gasteiger partial charge in [0.2, 0.25) is 5.95 Å². The number of fused-ring (bicyclic) bond motifs is 3. The molecule has 3 aliphatic rings. The van der Waals surface area contributed by atoms with Crippen molar-refractivity contribution in [1.82, 2.24) is 14.5 Å². The van der Waals surface area contributed by atoms with Crippen molar-refractivity contribution < 1.29 is 17.9 Å². The van der Waals surface area contributed by atoms with Crippen molar-refractivity contribution in [2.75, 3.05) is 22.9 Å². The lowest BCUT2D eigenvalue weighted by Crippen LogP contribution is -2.52. The highest BCUT2D eigenvalue weighted by molar-refractivity contribution is 6.29. The lowest BCUT2D eigenvalue weighted by molar-refractivity contribution is -0.153. The summed E-state index contributed by atoms with van der Waals surface area (Å²) in [6.07, 6.45) is -1.22. The molecule has 166 valence electrons. The third-order valence-electron chi connectivity index (χ3n) is 6.12. The Morgan fingerprint density at radius 1 is 1.16 bits per heavy atom. The van der Waals surface area contributed by atoms with E-state index < -0.39 is 12.2 Å². The molecule has 3 atom stereocenters. The van der Waals surface area contributed by atoms with Crippen LogP contribution >= 0.6 is 11.6 Å². The van der Waals surface area contributed by atoms with E-state index in [0.717, 1.165) is 17.7 Å². The van der Waals surface area contributed by atoms with Crippen LogP contribution in [-0.4, -0.2) is 52.1 Å². The van der Waals surface area contributed by atoms with Crippen molar-refractivity contribution in [3.8, 4) is 0 Å². The molecule has 0 saturated carbocycles. The van der Waals surface area contributed by atoms with Crippen LogP contribution in [0.25, 0.3) is 0 Å². The van der Waals surface area contributed by atoms with E-state index in [2.05, 4.69) is 9.97 Å². The molecule has 0 N–H and O–H groups in total. The molecule has 0 spiro atoms. The summed E-state index contributed by atoms with van der Waals surface area (Å²) >= 11 is 5.81. The summed E-state index contributed by atoms with van der Waals surface area (Å²) in [5.74, 6) is 0.434. The minimum Gasteiger partial charge on any atom is -0.371 e. The van der Waals surface area contributed by atoms with Crippen LogP contribution in [-0.2, 0) is 17.8 Å². The van der Waals surface area contributed by atoms with Crippen LogP contribution in [0.1, 0.15) is 24.8 Å². The molecule has 2 saturated heterocycles. The quantitative estimate of drug-likeness (QED) is 0.663. The molecule has 3 aliphatic heterocycles. The summed E-state index contributed by atoms with van der Waals surface area (Å²) < 4.78 is 48.9. The summed E-state index contributed by atoms with van der Waals surface area (Å²) in [5.41, 5.74) is 0.204. The molecular formula is C20H21ClF3N5O2. The standard InChI is InChI=1S/C20H21ClF3N5O2/c21-16-4-1-12(8-25-16)9-29-15(20(22,23)24)5-6-28-18(30)7-17(26-19(28)29)27-10-13-2-3-14(11-27)31-13/h1,4,7-8,13-15H,2-3,5-6,9-11H2/t13-,14?,15?/m0/s1. The monoisotopic (exact) mass is 455 g/mol. The van der Waals surface area contributed by atoms with Crippen molar-refractivity contribution in [2.45, 2.75) is 56.8 Å². The van der Waals surface area contributed by atoms with Gasteiger partial charge in [-0.1, -0.05) is 17.7 Å². The predicted octanol–water partition coefficient (Wildman–Crippen LogP) is 3.00. The Bertz CT molecular complexity index is 1020. The van der Waals surface area contributed by atoms with Gasteiger partial charge in [0.25, 0.3) is 5.56 Å². The Balaban J connectivity index is 1.54. The second kappa shape index (κ2) is 7.67. The summed E-state index contributed by atoms with van der Waals surface area (Å²) in [4.78, 5) is 24.5. The normalized spacial score (nSPS) is 25.6. The predicted molar refractivity (Wildman–Crippen MR) is 108 cm³/mol. The number of pyridine rings is 1. The van der Waals surface area contributed by atoms with Gasteiger partial charge >= 0.3 is 6.18 Å². The maximum absolute atomic E-state index is 13.9. The zero-order chi connectivity index (χ0) is 21.8. The molecule has 0 amide bonds. The molecule has 2 aromatic heterocycles. The van der Waals surface area contributed by atoms with Crippen LogP contribution in [0.4, 0.5) is 24.9 Å². The molecule has 2 bridgehead atoms. The molecule has 11 heteroatoms. The van der Waals surface area contributed by atoms with Gasteiger partial charge < -0.3 is 14.5 Å². The molecular weight excluding hydrogens is 435 g/mol. The van der Waals surface area contributed by atoms with Crippen molar-refractivity contribution >= 4 is 23.4 Å². The Kier molecular flexibility index (Phi) is 5.09. The first-order chi connectivity index (χ1) is 14.8. The van der Waals surface area contributed by atoms with Crippen LogP contribution in [0.5, 0.6) is 0 Å². The molecule has 7 nitrogen and oxygen atoms in total. The van der Waals surface area contributed by atoms with Crippen LogP contribution in [0.3, 0.4) is 0 Å². The van der Waals surface area contributed by atoms with E-state index >= 15 is 0 Å². The Labute approximate surface area is 181 Å². The third-order valence-corrected chi connectivity index (χ3v) is 6.34. The topological polar surface area (TPSA) is 63.5 Å². The highest BCUT2D eigenvalue weighted by Crippen LogP contribution is 2.36. The van der Waals surface area contributed by atoms with Gasteiger partial charge in [-0.05, 0) is 30.9 Å². The number of hydrogen-bond donors (Lipinski definition) is 0. The Morgan fingerprint density at radius 2 is 1.90 bits per heavy atom. The van der Waals surface area contributed by atoms with Crippen LogP contribution in [0.15, 0.2) is 29.2 Å². The molecule has 2 fully saturated rings. The zero-order valence-electron chi connectivity index (χ0n) is 16.6. The van der Waals surface area contributed by atoms with E-state index in [1.54, 1.807) is 6.07 Å². The van der Waals surface area contributed by atoms with E-state index in [9.17, 15) is 18.0 Å². The average Bonchev–Trinajstić information content (AvgIpc) is 3.06. The number of morpholine rings is 1. The number of aromatic nitrogens is 3. The lowest BCUT2D eigenvalue weighted by Gasteiger charge is -2.40. The average molecular weight is 456 g/mol. The number of hydrogen-bond acceptors (Lipinski definition) is 6. The summed E-state index contributed by atoms with van der Waals surface area (Å²) in [7, 11) is 0. The fourth-order valence-electron chi connectivity index (χ4n) is 4.64. The highest BCUT2D eigenvalue weighted by Gasteiger charge is 2.47. The smallest absolute Gasteiger partial charge is 0.371 e. The fourth-order valence-corrected chi connectivity index (χ4v) is 4.75. The van der Waals surface area contributed by atoms with Crippen LogP contribution in [0, 0.1) is 0 Å². The SMILES string of the molecule is O=c1cc(N2CC3CC[C@@H](C2)O3)nc2n1CCC(C(F)(F)F)N2Cc1ccc(Cl)nc1. The first kappa shape index (κ1) is 20.6. The van der Waals surface area contributed by atoms with Gasteiger partial charge in [0.15, 0.2) is 0 Å². The van der Waals surface area contributed by atoms with Gasteiger partial charge in [-0.25, -0.2) is 4.98 Å². The van der Waals surface area contributed by atoms with Crippen LogP contribution in [0.2, 0.25) is 5.15 Å². The Morgan fingerprint density at radius 3 is 2.55 bits per heavy atom. The van der Waals surface area contributed by atoms with E-state index in [0.29, 0.717) is 24.5 Å². The van der Waals surface area contributed by atoms with E-state index in [4.69, 9.17) is 16.3 Å². The summed E-state index contributed by atoms with van der Waals surface area (Å²) in [6, 6.07) is 2.84. The second-order valence-corrected chi connectivity index (χ2v) is 8.62. The minimum absolute atomic E-state index is 0.0323. The van der Waals surface area contributed by atoms with Crippen molar-refractivity contribution in [2.24, 2.45) is 0 Å². The van der Waals surface area contributed by atoms with E-state index in [1.807, 2.05) is 4.90 Å². The first-order valence-electron chi connectivity index (χ1n) is 10.2. The molecule has 0 aliphatic carbocycles. The second-order valence-electron chi connectivity index (χ2n) is 8.23. The number of rotatable bonds is 3. The fraction of sp³-hybridized carbons (Fsp3) is 0.550. The number of nitrogens with zero attached hydrogens (tertiary/aromatic N) is 5. The molecule has 2 aromatic rings. The summed E-state index contributed by atoms with van der Waals surface area (Å²) in [6.45, 7) is 1.04. The van der Waals surface area contributed by atoms with Crippen LogP contribution < -0.4 is 15.4 Å². The van der Waals surface area contributed by atoms with E-state index in [1.165, 1.54) is 22.9 Å². The van der Waals surface area contributed by atoms with Crippen molar-refractivity contribution in [3.63, 3.8) is 0 Å². The number of anilines is 2. The summed E-state index contributed by atoms with van der Waals surface area (Å²) in [5, 5.41) is 0.258. The largest absolute Gasteiger partial charge is 0.408 e. The zero-order valence-corrected chi connectivity index (χ0v) is 17.3. The number of ether oxygens (including phenoxy) is 1. The lowest BCUT2D eigenvalue weighted by atomic mass is 10.1. The molecule has 5 heterocycles. The number of alkyl halides is 3. The van der Waals surface area contributed by atoms with Gasteiger partial charge in [-0.2, -0.15) is 18.2 Å². The molecule has 2 unspecified atom stereocenters. The maximum Gasteiger partial charge on any atom is 0.408 e. The van der Waals surface area contributed by atoms with Gasteiger partial charge in [-0.3, -0.25) is 9.36 Å². The molecule has 5 rings (SSSR count). The third kappa shape index (κ3) is 3.98. The first-order valence-corrected chi connectivity index (χ1v) is 10.6. The van der Waals surface area contributed by atoms with Crippen molar-refractivity contribution in [3.05, 3.63) is 45.5 Å². The van der Waals surface area contributed by atoms with E-state index in [-0.39, 0.29) is 48.4 Å². The van der Waals surface area contributed by atoms with Gasteiger partial charge in [0.1, 0.15) is 17.0 Å². The van der Waals surface area contributed by atoms with Crippen molar-refractivity contribution in [1.29, 1.82) is 0 Å². The molecule has 31 heavy (non-hydrogen) atoms. The minimum atomic E-state index is -4.46. The van der Waals surface area contributed by atoms with Gasteiger partial charge in [-0.15, -0.1) is 0 Å². The van der Waals surface area contributed by atoms with Gasteiger partial charge in [0.05, 0.1) is 12.2 Å². The highest BCUT2D eigenvalue weighted by atomic mass is 35.5.